The number of nitrogens with zero attached hydrogens (tertiary/aromatic N) is 1. The third-order valence-corrected chi connectivity index (χ3v) is 4.13. The zero-order chi connectivity index (χ0) is 15.6. The second kappa shape index (κ2) is 7.67. The van der Waals surface area contributed by atoms with Gasteiger partial charge in [0.25, 0.3) is 0 Å². The molecule has 0 aliphatic carbocycles. The Morgan fingerprint density at radius 2 is 1.95 bits per heavy atom. The van der Waals surface area contributed by atoms with Gasteiger partial charge in [0.2, 0.25) is 0 Å². The van der Waals surface area contributed by atoms with Crippen molar-refractivity contribution in [1.82, 2.24) is 10.2 Å². The van der Waals surface area contributed by atoms with Crippen LogP contribution in [-0.2, 0) is 10.1 Å². The molecule has 0 bridgehead atoms. The quantitative estimate of drug-likeness (QED) is 0.518. The summed E-state index contributed by atoms with van der Waals surface area (Å²) in [4.78, 5) is 12.9. The largest absolute Gasteiger partial charge is 1.00 e. The van der Waals surface area contributed by atoms with Gasteiger partial charge in [0.05, 0.1) is 5.03 Å². The molecule has 2 atom stereocenters. The summed E-state index contributed by atoms with van der Waals surface area (Å²) in [5.74, 6) is 0.529. The molecule has 0 fully saturated rings. The van der Waals surface area contributed by atoms with E-state index < -0.39 is 27.8 Å². The number of amides is 2. The number of hydrogen-bond acceptors (Lipinski definition) is 5. The van der Waals surface area contributed by atoms with Crippen LogP contribution in [0.4, 0.5) is 4.79 Å². The number of carbonyl (C=O) groups is 1. The normalized spacial score (nSPS) is 19.6. The molecule has 2 unspecified atom stereocenters. The molecule has 1 heterocycles. The Labute approximate surface area is 155 Å². The molecule has 1 aliphatic heterocycles. The standard InChI is InChI=1S/C12H13ClN2O5S.Na/c1-8(20-9-5-3-2-4-6-9)15-7-10(13)11(14-12(15)16)21(17,18)19;/h2-8,11H,1H3,(H,14,16)(H,17,18,19);/q;+1/p-1. The van der Waals surface area contributed by atoms with Crippen LogP contribution in [0.15, 0.2) is 41.6 Å². The van der Waals surface area contributed by atoms with Crippen molar-refractivity contribution >= 4 is 27.8 Å². The molecule has 0 aromatic heterocycles. The Bertz CT molecular complexity index is 667. The van der Waals surface area contributed by atoms with Crippen molar-refractivity contribution in [3.8, 4) is 5.75 Å². The van der Waals surface area contributed by atoms with E-state index in [1.54, 1.807) is 31.2 Å². The monoisotopic (exact) mass is 354 g/mol. The van der Waals surface area contributed by atoms with E-state index in [1.807, 2.05) is 11.4 Å². The second-order valence-electron chi connectivity index (χ2n) is 4.27. The molecule has 0 spiro atoms. The van der Waals surface area contributed by atoms with Crippen molar-refractivity contribution in [2.24, 2.45) is 0 Å². The number of urea groups is 1. The van der Waals surface area contributed by atoms with Crippen LogP contribution in [0.1, 0.15) is 6.92 Å². The molecule has 2 rings (SSSR count). The summed E-state index contributed by atoms with van der Waals surface area (Å²) in [6.45, 7) is 1.58. The molecule has 7 nitrogen and oxygen atoms in total. The molecule has 114 valence electrons. The van der Waals surface area contributed by atoms with Crippen molar-refractivity contribution in [3.63, 3.8) is 0 Å². The fraction of sp³-hybridized carbons (Fsp3) is 0.250. The van der Waals surface area contributed by atoms with Gasteiger partial charge in [-0.1, -0.05) is 29.8 Å². The van der Waals surface area contributed by atoms with Gasteiger partial charge in [-0.25, -0.2) is 13.2 Å². The predicted molar refractivity (Wildman–Crippen MR) is 74.3 cm³/mol. The summed E-state index contributed by atoms with van der Waals surface area (Å²) < 4.78 is 38.4. The van der Waals surface area contributed by atoms with E-state index in [0.29, 0.717) is 5.75 Å². The van der Waals surface area contributed by atoms with E-state index in [1.165, 1.54) is 0 Å². The number of para-hydroxylation sites is 1. The molecule has 0 saturated heterocycles. The number of rotatable bonds is 4. The Kier molecular flexibility index (Phi) is 6.72. The molecule has 1 aromatic rings. The van der Waals surface area contributed by atoms with Crippen LogP contribution in [0.25, 0.3) is 0 Å². The van der Waals surface area contributed by atoms with Gasteiger partial charge >= 0.3 is 35.6 Å². The molecule has 0 radical (unpaired) electrons. The van der Waals surface area contributed by atoms with Crippen molar-refractivity contribution in [2.75, 3.05) is 0 Å². The van der Waals surface area contributed by atoms with Gasteiger partial charge in [-0.05, 0) is 19.1 Å². The molecule has 1 N–H and O–H groups in total. The first-order chi connectivity index (χ1) is 9.79. The number of carbonyl (C=O) groups excluding carboxylic acids is 1. The van der Waals surface area contributed by atoms with Crippen LogP contribution < -0.4 is 39.6 Å². The summed E-state index contributed by atoms with van der Waals surface area (Å²) >= 11 is 5.74. The minimum atomic E-state index is -4.77. The van der Waals surface area contributed by atoms with Crippen LogP contribution >= 0.6 is 11.6 Å². The number of benzene rings is 1. The minimum absolute atomic E-state index is 0. The van der Waals surface area contributed by atoms with Gasteiger partial charge < -0.3 is 14.6 Å². The molecular formula is C12H12ClN2NaO5S. The molecule has 0 saturated carbocycles. The fourth-order valence-corrected chi connectivity index (χ4v) is 2.82. The minimum Gasteiger partial charge on any atom is -0.746 e. The van der Waals surface area contributed by atoms with Crippen LogP contribution in [0, 0.1) is 0 Å². The molecule has 10 heteroatoms. The summed E-state index contributed by atoms with van der Waals surface area (Å²) in [6, 6.07) is 7.96. The van der Waals surface area contributed by atoms with E-state index >= 15 is 0 Å². The van der Waals surface area contributed by atoms with E-state index in [4.69, 9.17) is 16.3 Å². The van der Waals surface area contributed by atoms with E-state index in [2.05, 4.69) is 0 Å². The molecule has 1 aliphatic rings. The van der Waals surface area contributed by atoms with Crippen molar-refractivity contribution in [3.05, 3.63) is 41.6 Å². The topological polar surface area (TPSA) is 98.8 Å². The van der Waals surface area contributed by atoms with Crippen molar-refractivity contribution in [2.45, 2.75) is 18.5 Å². The maximum absolute atomic E-state index is 11.9. The fourth-order valence-electron chi connectivity index (χ4n) is 1.75. The van der Waals surface area contributed by atoms with Crippen molar-refractivity contribution in [1.29, 1.82) is 0 Å². The van der Waals surface area contributed by atoms with Gasteiger partial charge in [0, 0.05) is 6.20 Å². The van der Waals surface area contributed by atoms with Crippen LogP contribution in [-0.4, -0.2) is 35.5 Å². The maximum atomic E-state index is 11.9. The maximum Gasteiger partial charge on any atom is 1.00 e. The van der Waals surface area contributed by atoms with Crippen LogP contribution in [0.5, 0.6) is 5.75 Å². The van der Waals surface area contributed by atoms with Crippen molar-refractivity contribution < 1.29 is 52.1 Å². The van der Waals surface area contributed by atoms with Gasteiger partial charge in [-0.2, -0.15) is 0 Å². The average Bonchev–Trinajstić information content (AvgIpc) is 2.40. The van der Waals surface area contributed by atoms with Crippen LogP contribution in [0.3, 0.4) is 0 Å². The Balaban J connectivity index is 0.00000242. The molecule has 1 aromatic carbocycles. The summed E-state index contributed by atoms with van der Waals surface area (Å²) in [5.41, 5.74) is 0. The number of hydrogen-bond donors (Lipinski definition) is 1. The molecular weight excluding hydrogens is 343 g/mol. The molecule has 22 heavy (non-hydrogen) atoms. The predicted octanol–water partition coefficient (Wildman–Crippen LogP) is -1.61. The Hall–Kier alpha value is -0.770. The summed E-state index contributed by atoms with van der Waals surface area (Å²) in [6.07, 6.45) is 0.338. The van der Waals surface area contributed by atoms with Gasteiger partial charge in [-0.3, -0.25) is 4.90 Å². The third-order valence-electron chi connectivity index (χ3n) is 2.73. The molecule has 2 amide bonds. The zero-order valence-corrected chi connectivity index (χ0v) is 15.5. The first-order valence-corrected chi connectivity index (χ1v) is 7.76. The summed E-state index contributed by atoms with van der Waals surface area (Å²) in [5, 5.41) is -0.0403. The second-order valence-corrected chi connectivity index (χ2v) is 6.17. The van der Waals surface area contributed by atoms with Gasteiger partial charge in [0.1, 0.15) is 15.9 Å². The summed E-state index contributed by atoms with van der Waals surface area (Å²) in [7, 11) is -4.77. The number of halogens is 1. The Morgan fingerprint density at radius 3 is 2.50 bits per heavy atom. The van der Waals surface area contributed by atoms with Gasteiger partial charge in [-0.15, -0.1) is 0 Å². The SMILES string of the molecule is CC(Oc1ccccc1)N1C=C(Cl)C(S(=O)(=O)[O-])NC1=O.[Na+]. The van der Waals surface area contributed by atoms with Gasteiger partial charge in [0.15, 0.2) is 11.6 Å². The zero-order valence-electron chi connectivity index (χ0n) is 11.9. The van der Waals surface area contributed by atoms with E-state index in [9.17, 15) is 17.8 Å². The van der Waals surface area contributed by atoms with E-state index in [0.717, 1.165) is 11.1 Å². The van der Waals surface area contributed by atoms with Crippen LogP contribution in [0.2, 0.25) is 0 Å². The Morgan fingerprint density at radius 1 is 1.36 bits per heavy atom. The smallest absolute Gasteiger partial charge is 0.746 e. The number of ether oxygens (including phenoxy) is 1. The van der Waals surface area contributed by atoms with E-state index in [-0.39, 0.29) is 34.6 Å². The number of nitrogens with one attached hydrogen (secondary N) is 1. The average molecular weight is 355 g/mol. The third kappa shape index (κ3) is 4.61. The first kappa shape index (κ1) is 19.3. The first-order valence-electron chi connectivity index (χ1n) is 5.91.